The minimum absolute atomic E-state index is 0.440. The zero-order valence-electron chi connectivity index (χ0n) is 14.0. The van der Waals surface area contributed by atoms with Gasteiger partial charge in [0.1, 0.15) is 5.75 Å². The van der Waals surface area contributed by atoms with Crippen molar-refractivity contribution in [2.45, 2.75) is 25.2 Å². The third kappa shape index (κ3) is 2.68. The summed E-state index contributed by atoms with van der Waals surface area (Å²) in [7, 11) is 0. The van der Waals surface area contributed by atoms with Gasteiger partial charge < -0.3 is 14.8 Å². The zero-order valence-corrected chi connectivity index (χ0v) is 14.0. The molecule has 3 aromatic rings. The van der Waals surface area contributed by atoms with Gasteiger partial charge in [-0.2, -0.15) is 0 Å². The van der Waals surface area contributed by atoms with E-state index in [0.717, 1.165) is 59.3 Å². The number of hydrogen-bond donors (Lipinski definition) is 1. The number of ether oxygens (including phenoxy) is 2. The quantitative estimate of drug-likeness (QED) is 0.734. The molecule has 2 aromatic carbocycles. The smallest absolute Gasteiger partial charge is 0.213 e. The van der Waals surface area contributed by atoms with Crippen molar-refractivity contribution < 1.29 is 9.47 Å². The molecule has 0 bridgehead atoms. The summed E-state index contributed by atoms with van der Waals surface area (Å²) in [4.78, 5) is 4.57. The fraction of sp³-hybridized carbons (Fsp3) is 0.286. The lowest BCUT2D eigenvalue weighted by Gasteiger charge is -2.41. The van der Waals surface area contributed by atoms with Crippen LogP contribution in [-0.2, 0) is 11.3 Å². The van der Waals surface area contributed by atoms with Crippen LogP contribution in [0.25, 0.3) is 22.0 Å². The lowest BCUT2D eigenvalue weighted by molar-refractivity contribution is -0.218. The van der Waals surface area contributed by atoms with Crippen LogP contribution >= 0.6 is 0 Å². The SMILES string of the molecule is c1ccc2ncc(-c3ccc4c(c3)COC3(CCNCC3)O4)cc2c1. The van der Waals surface area contributed by atoms with Crippen LogP contribution in [0.2, 0.25) is 0 Å². The number of fused-ring (bicyclic) bond motifs is 2. The van der Waals surface area contributed by atoms with E-state index in [2.05, 4.69) is 40.6 Å². The number of aromatic nitrogens is 1. The Morgan fingerprint density at radius 1 is 0.960 bits per heavy atom. The maximum absolute atomic E-state index is 6.24. The molecule has 2 aliphatic heterocycles. The molecule has 126 valence electrons. The van der Waals surface area contributed by atoms with Crippen molar-refractivity contribution in [2.75, 3.05) is 13.1 Å². The van der Waals surface area contributed by atoms with Crippen LogP contribution in [0.15, 0.2) is 54.7 Å². The van der Waals surface area contributed by atoms with Gasteiger partial charge in [0.05, 0.1) is 12.1 Å². The Balaban J connectivity index is 1.48. The molecule has 1 N–H and O–H groups in total. The van der Waals surface area contributed by atoms with Crippen LogP contribution in [0.5, 0.6) is 5.75 Å². The lowest BCUT2D eigenvalue weighted by atomic mass is 10.00. The largest absolute Gasteiger partial charge is 0.462 e. The van der Waals surface area contributed by atoms with Crippen molar-refractivity contribution >= 4 is 10.9 Å². The summed E-state index contributed by atoms with van der Waals surface area (Å²) in [5, 5.41) is 4.51. The van der Waals surface area contributed by atoms with Crippen molar-refractivity contribution in [3.63, 3.8) is 0 Å². The molecule has 1 saturated heterocycles. The number of pyridine rings is 1. The minimum Gasteiger partial charge on any atom is -0.462 e. The van der Waals surface area contributed by atoms with Gasteiger partial charge in [0.25, 0.3) is 0 Å². The second kappa shape index (κ2) is 5.83. The van der Waals surface area contributed by atoms with Gasteiger partial charge in [-0.25, -0.2) is 0 Å². The monoisotopic (exact) mass is 332 g/mol. The third-order valence-electron chi connectivity index (χ3n) is 5.14. The summed E-state index contributed by atoms with van der Waals surface area (Å²) in [6.45, 7) is 2.48. The second-order valence-electron chi connectivity index (χ2n) is 6.79. The van der Waals surface area contributed by atoms with Gasteiger partial charge in [-0.05, 0) is 29.8 Å². The van der Waals surface area contributed by atoms with Gasteiger partial charge in [-0.1, -0.05) is 24.3 Å². The molecule has 2 aliphatic rings. The summed E-state index contributed by atoms with van der Waals surface area (Å²) in [5.41, 5.74) is 4.38. The predicted molar refractivity (Wildman–Crippen MR) is 97.4 cm³/mol. The van der Waals surface area contributed by atoms with E-state index in [4.69, 9.17) is 9.47 Å². The number of nitrogens with zero attached hydrogens (tertiary/aromatic N) is 1. The molecule has 25 heavy (non-hydrogen) atoms. The van der Waals surface area contributed by atoms with Gasteiger partial charge in [-0.15, -0.1) is 0 Å². The highest BCUT2D eigenvalue weighted by molar-refractivity contribution is 5.83. The molecular formula is C21H20N2O2. The normalized spacial score (nSPS) is 18.7. The van der Waals surface area contributed by atoms with Gasteiger partial charge in [0, 0.05) is 48.6 Å². The molecule has 3 heterocycles. The van der Waals surface area contributed by atoms with Crippen LogP contribution in [0.4, 0.5) is 0 Å². The Kier molecular flexibility index (Phi) is 3.47. The topological polar surface area (TPSA) is 43.4 Å². The Morgan fingerprint density at radius 3 is 2.76 bits per heavy atom. The standard InChI is InChI=1S/C21H20N2O2/c1-2-4-19-16(3-1)12-17(13-23-19)15-5-6-20-18(11-15)14-24-21(25-20)7-9-22-10-8-21/h1-6,11-13,22H,7-10,14H2. The van der Waals surface area contributed by atoms with Crippen LogP contribution in [0.1, 0.15) is 18.4 Å². The highest BCUT2D eigenvalue weighted by Gasteiger charge is 2.38. The van der Waals surface area contributed by atoms with E-state index >= 15 is 0 Å². The number of benzene rings is 2. The summed E-state index contributed by atoms with van der Waals surface area (Å²) < 4.78 is 12.4. The molecular weight excluding hydrogens is 312 g/mol. The van der Waals surface area contributed by atoms with Gasteiger partial charge in [0.2, 0.25) is 5.79 Å². The highest BCUT2D eigenvalue weighted by atomic mass is 16.7. The van der Waals surface area contributed by atoms with Gasteiger partial charge in [-0.3, -0.25) is 4.98 Å². The number of para-hydroxylation sites is 1. The first-order valence-corrected chi connectivity index (χ1v) is 8.83. The fourth-order valence-electron chi connectivity index (χ4n) is 3.69. The van der Waals surface area contributed by atoms with E-state index in [1.165, 1.54) is 0 Å². The zero-order chi connectivity index (χ0) is 16.7. The molecule has 4 heteroatoms. The fourth-order valence-corrected chi connectivity index (χ4v) is 3.69. The molecule has 0 radical (unpaired) electrons. The molecule has 0 amide bonds. The van der Waals surface area contributed by atoms with E-state index in [-0.39, 0.29) is 0 Å². The molecule has 5 rings (SSSR count). The van der Waals surface area contributed by atoms with E-state index in [9.17, 15) is 0 Å². The summed E-state index contributed by atoms with van der Waals surface area (Å²) >= 11 is 0. The maximum Gasteiger partial charge on any atom is 0.213 e. The first-order valence-electron chi connectivity index (χ1n) is 8.83. The van der Waals surface area contributed by atoms with Crippen molar-refractivity contribution in [2.24, 2.45) is 0 Å². The second-order valence-corrected chi connectivity index (χ2v) is 6.79. The lowest BCUT2D eigenvalue weighted by Crippen LogP contribution is -2.49. The molecule has 4 nitrogen and oxygen atoms in total. The molecule has 0 unspecified atom stereocenters. The average Bonchev–Trinajstić information content (AvgIpc) is 2.68. The number of hydrogen-bond acceptors (Lipinski definition) is 4. The van der Waals surface area contributed by atoms with E-state index < -0.39 is 5.79 Å². The van der Waals surface area contributed by atoms with E-state index in [0.29, 0.717) is 6.61 Å². The Labute approximate surface area is 146 Å². The minimum atomic E-state index is -0.440. The summed E-state index contributed by atoms with van der Waals surface area (Å²) in [6.07, 6.45) is 3.72. The van der Waals surface area contributed by atoms with Crippen molar-refractivity contribution in [1.29, 1.82) is 0 Å². The Bertz CT molecular complexity index is 932. The van der Waals surface area contributed by atoms with Crippen LogP contribution in [-0.4, -0.2) is 23.9 Å². The maximum atomic E-state index is 6.24. The molecule has 0 atom stereocenters. The van der Waals surface area contributed by atoms with E-state index in [1.807, 2.05) is 24.4 Å². The Hall–Kier alpha value is -2.43. The first-order chi connectivity index (χ1) is 12.3. The van der Waals surface area contributed by atoms with Gasteiger partial charge >= 0.3 is 0 Å². The average molecular weight is 332 g/mol. The van der Waals surface area contributed by atoms with E-state index in [1.54, 1.807) is 0 Å². The number of piperidine rings is 1. The molecule has 0 aliphatic carbocycles. The Morgan fingerprint density at radius 2 is 1.84 bits per heavy atom. The van der Waals surface area contributed by atoms with Crippen LogP contribution in [0, 0.1) is 0 Å². The number of rotatable bonds is 1. The molecule has 1 spiro atoms. The number of nitrogens with one attached hydrogen (secondary N) is 1. The molecule has 1 aromatic heterocycles. The highest BCUT2D eigenvalue weighted by Crippen LogP contribution is 2.38. The summed E-state index contributed by atoms with van der Waals surface area (Å²) in [6, 6.07) is 16.7. The summed E-state index contributed by atoms with van der Waals surface area (Å²) in [5.74, 6) is 0.509. The van der Waals surface area contributed by atoms with Crippen LogP contribution < -0.4 is 10.1 Å². The van der Waals surface area contributed by atoms with Crippen molar-refractivity contribution in [3.8, 4) is 16.9 Å². The van der Waals surface area contributed by atoms with Crippen molar-refractivity contribution in [1.82, 2.24) is 10.3 Å². The molecule has 1 fully saturated rings. The van der Waals surface area contributed by atoms with Crippen molar-refractivity contribution in [3.05, 3.63) is 60.3 Å². The third-order valence-corrected chi connectivity index (χ3v) is 5.14. The molecule has 0 saturated carbocycles. The first kappa shape index (κ1) is 14.9. The van der Waals surface area contributed by atoms with Gasteiger partial charge in [0.15, 0.2) is 0 Å². The van der Waals surface area contributed by atoms with Crippen LogP contribution in [0.3, 0.4) is 0 Å². The predicted octanol–water partition coefficient (Wildman–Crippen LogP) is 3.89.